The molecule has 2 nitrogen and oxygen atoms in total. The van der Waals surface area contributed by atoms with Crippen LogP contribution in [0.2, 0.25) is 0 Å². The third-order valence-corrected chi connectivity index (χ3v) is 3.09. The van der Waals surface area contributed by atoms with Gasteiger partial charge >= 0.3 is 0 Å². The van der Waals surface area contributed by atoms with Crippen molar-refractivity contribution in [1.82, 2.24) is 10.6 Å². The van der Waals surface area contributed by atoms with Crippen molar-refractivity contribution >= 4 is 0 Å². The molecule has 0 heterocycles. The quantitative estimate of drug-likeness (QED) is 0.717. The largest absolute Gasteiger partial charge is 0.388 e. The van der Waals surface area contributed by atoms with E-state index in [1.807, 2.05) is 6.07 Å². The molecule has 0 atom stereocenters. The molecule has 0 radical (unpaired) electrons. The van der Waals surface area contributed by atoms with Gasteiger partial charge in [0.25, 0.3) is 0 Å². The number of allylic oxidation sites excluding steroid dienone is 2. The van der Waals surface area contributed by atoms with E-state index in [-0.39, 0.29) is 0 Å². The van der Waals surface area contributed by atoms with E-state index in [2.05, 4.69) is 54.0 Å². The van der Waals surface area contributed by atoms with Gasteiger partial charge in [-0.15, -0.1) is 0 Å². The molecule has 0 saturated heterocycles. The molecule has 0 saturated carbocycles. The molecule has 0 bridgehead atoms. The van der Waals surface area contributed by atoms with Crippen LogP contribution in [0.4, 0.5) is 0 Å². The van der Waals surface area contributed by atoms with E-state index < -0.39 is 0 Å². The number of rotatable bonds is 7. The Morgan fingerprint density at radius 3 is 2.72 bits per heavy atom. The highest BCUT2D eigenvalue weighted by molar-refractivity contribution is 5.31. The summed E-state index contributed by atoms with van der Waals surface area (Å²) in [6.45, 7) is 4.20. The topological polar surface area (TPSA) is 24.1 Å². The number of hydrogen-bond donors (Lipinski definition) is 2. The van der Waals surface area contributed by atoms with Gasteiger partial charge in [0.05, 0.1) is 0 Å². The van der Waals surface area contributed by atoms with E-state index in [9.17, 15) is 0 Å². The lowest BCUT2D eigenvalue weighted by molar-refractivity contribution is 0.703. The molecule has 1 aliphatic carbocycles. The third kappa shape index (κ3) is 3.95. The summed E-state index contributed by atoms with van der Waals surface area (Å²) >= 11 is 0. The fourth-order valence-corrected chi connectivity index (χ4v) is 2.00. The van der Waals surface area contributed by atoms with Gasteiger partial charge in [-0.3, -0.25) is 0 Å². The van der Waals surface area contributed by atoms with E-state index in [1.54, 1.807) is 0 Å². The Morgan fingerprint density at radius 2 is 1.94 bits per heavy atom. The van der Waals surface area contributed by atoms with E-state index >= 15 is 0 Å². The number of hydrogen-bond acceptors (Lipinski definition) is 2. The normalized spacial score (nSPS) is 14.1. The van der Waals surface area contributed by atoms with Crippen molar-refractivity contribution in [3.63, 3.8) is 0 Å². The molecule has 0 unspecified atom stereocenters. The monoisotopic (exact) mass is 242 g/mol. The standard InChI is InChI=1S/C16H22N2/c1-2-3-11-17-15-9-10-16(12-15)18-13-14-7-5-4-6-8-14/h4-8,10,12,17-18H,2-3,9,11,13H2,1H3. The van der Waals surface area contributed by atoms with E-state index in [0.717, 1.165) is 19.5 Å². The van der Waals surface area contributed by atoms with Crippen molar-refractivity contribution in [1.29, 1.82) is 0 Å². The highest BCUT2D eigenvalue weighted by atomic mass is 14.9. The third-order valence-electron chi connectivity index (χ3n) is 3.09. The van der Waals surface area contributed by atoms with Gasteiger partial charge in [0.1, 0.15) is 0 Å². The van der Waals surface area contributed by atoms with Crippen LogP contribution < -0.4 is 10.6 Å². The highest BCUT2D eigenvalue weighted by Gasteiger charge is 2.05. The average Bonchev–Trinajstić information content (AvgIpc) is 2.86. The predicted octanol–water partition coefficient (Wildman–Crippen LogP) is 3.34. The zero-order valence-electron chi connectivity index (χ0n) is 11.1. The van der Waals surface area contributed by atoms with Crippen molar-refractivity contribution < 1.29 is 0 Å². The van der Waals surface area contributed by atoms with Gasteiger partial charge < -0.3 is 10.6 Å². The summed E-state index contributed by atoms with van der Waals surface area (Å²) in [5, 5.41) is 6.94. The smallest absolute Gasteiger partial charge is 0.0400 e. The molecule has 96 valence electrons. The van der Waals surface area contributed by atoms with Gasteiger partial charge in [-0.1, -0.05) is 49.8 Å². The maximum atomic E-state index is 3.48. The first-order valence-electron chi connectivity index (χ1n) is 6.81. The van der Waals surface area contributed by atoms with E-state index in [1.165, 1.54) is 29.8 Å². The summed E-state index contributed by atoms with van der Waals surface area (Å²) in [6.07, 6.45) is 7.98. The minimum absolute atomic E-state index is 0.894. The van der Waals surface area contributed by atoms with Gasteiger partial charge in [-0.05, 0) is 18.1 Å². The molecule has 2 N–H and O–H groups in total. The molecular formula is C16H22N2. The van der Waals surface area contributed by atoms with Gasteiger partial charge in [0.15, 0.2) is 0 Å². The summed E-state index contributed by atoms with van der Waals surface area (Å²) in [6, 6.07) is 10.5. The first-order chi connectivity index (χ1) is 8.88. The van der Waals surface area contributed by atoms with Crippen LogP contribution >= 0.6 is 0 Å². The van der Waals surface area contributed by atoms with Crippen molar-refractivity contribution in [2.24, 2.45) is 0 Å². The first-order valence-corrected chi connectivity index (χ1v) is 6.81. The lowest BCUT2D eigenvalue weighted by Crippen LogP contribution is -2.14. The minimum atomic E-state index is 0.894. The predicted molar refractivity (Wildman–Crippen MR) is 77.0 cm³/mol. The summed E-state index contributed by atoms with van der Waals surface area (Å²) in [4.78, 5) is 0. The molecule has 18 heavy (non-hydrogen) atoms. The second-order valence-electron chi connectivity index (χ2n) is 4.65. The second-order valence-corrected chi connectivity index (χ2v) is 4.65. The first kappa shape index (κ1) is 12.7. The Kier molecular flexibility index (Phi) is 4.88. The van der Waals surface area contributed by atoms with Crippen molar-refractivity contribution in [3.8, 4) is 0 Å². The maximum absolute atomic E-state index is 3.48. The summed E-state index contributed by atoms with van der Waals surface area (Å²) < 4.78 is 0. The molecule has 0 aromatic heterocycles. The Morgan fingerprint density at radius 1 is 1.11 bits per heavy atom. The van der Waals surface area contributed by atoms with Gasteiger partial charge in [-0.25, -0.2) is 0 Å². The zero-order valence-corrected chi connectivity index (χ0v) is 11.1. The fraction of sp³-hybridized carbons (Fsp3) is 0.375. The average molecular weight is 242 g/mol. The number of unbranched alkanes of at least 4 members (excludes halogenated alkanes) is 1. The number of benzene rings is 1. The van der Waals surface area contributed by atoms with Gasteiger partial charge in [0.2, 0.25) is 0 Å². The Balaban J connectivity index is 1.74. The molecule has 2 heteroatoms. The molecule has 1 aromatic carbocycles. The van der Waals surface area contributed by atoms with Crippen molar-refractivity contribution in [2.45, 2.75) is 32.7 Å². The highest BCUT2D eigenvalue weighted by Crippen LogP contribution is 2.13. The molecule has 0 amide bonds. The molecular weight excluding hydrogens is 220 g/mol. The Labute approximate surface area is 110 Å². The van der Waals surface area contributed by atoms with Crippen molar-refractivity contribution in [2.75, 3.05) is 6.54 Å². The second kappa shape index (κ2) is 6.90. The molecule has 1 aromatic rings. The van der Waals surface area contributed by atoms with Crippen LogP contribution in [0, 0.1) is 0 Å². The summed E-state index contributed by atoms with van der Waals surface area (Å²) in [7, 11) is 0. The lowest BCUT2D eigenvalue weighted by Gasteiger charge is -2.06. The molecule has 1 aliphatic rings. The molecule has 0 spiro atoms. The van der Waals surface area contributed by atoms with E-state index in [4.69, 9.17) is 0 Å². The van der Waals surface area contributed by atoms with Crippen LogP contribution in [-0.4, -0.2) is 6.54 Å². The number of nitrogens with one attached hydrogen (secondary N) is 2. The van der Waals surface area contributed by atoms with Crippen LogP contribution in [-0.2, 0) is 6.54 Å². The lowest BCUT2D eigenvalue weighted by atomic mass is 10.2. The van der Waals surface area contributed by atoms with Crippen LogP contribution in [0.3, 0.4) is 0 Å². The zero-order chi connectivity index (χ0) is 12.6. The Hall–Kier alpha value is -1.70. The summed E-state index contributed by atoms with van der Waals surface area (Å²) in [5.74, 6) is 0. The Bertz CT molecular complexity index is 418. The minimum Gasteiger partial charge on any atom is -0.388 e. The van der Waals surface area contributed by atoms with Crippen molar-refractivity contribution in [3.05, 3.63) is 59.4 Å². The maximum Gasteiger partial charge on any atom is 0.0400 e. The molecule has 0 fully saturated rings. The van der Waals surface area contributed by atoms with Crippen LogP contribution in [0.25, 0.3) is 0 Å². The molecule has 2 rings (SSSR count). The van der Waals surface area contributed by atoms with Crippen LogP contribution in [0.5, 0.6) is 0 Å². The van der Waals surface area contributed by atoms with Crippen LogP contribution in [0.1, 0.15) is 31.7 Å². The van der Waals surface area contributed by atoms with Gasteiger partial charge in [-0.2, -0.15) is 0 Å². The van der Waals surface area contributed by atoms with Crippen LogP contribution in [0.15, 0.2) is 53.9 Å². The summed E-state index contributed by atoms with van der Waals surface area (Å²) in [5.41, 5.74) is 3.89. The van der Waals surface area contributed by atoms with E-state index in [0.29, 0.717) is 0 Å². The SMILES string of the molecule is CCCCNC1=CC(NCc2ccccc2)=CC1. The molecule has 0 aliphatic heterocycles. The fourth-order valence-electron chi connectivity index (χ4n) is 2.00. The van der Waals surface area contributed by atoms with Gasteiger partial charge in [0, 0.05) is 30.9 Å².